The number of ether oxygens (including phenoxy) is 1. The molecular weight excluding hydrogens is 383 g/mol. The summed E-state index contributed by atoms with van der Waals surface area (Å²) in [7, 11) is 0. The largest absolute Gasteiger partial charge is 0.486 e. The van der Waals surface area contributed by atoms with Gasteiger partial charge >= 0.3 is 0 Å². The minimum Gasteiger partial charge on any atom is -0.486 e. The van der Waals surface area contributed by atoms with Gasteiger partial charge in [-0.25, -0.2) is 4.39 Å². The second-order valence-electron chi connectivity index (χ2n) is 6.67. The van der Waals surface area contributed by atoms with Crippen LogP contribution in [0.4, 0.5) is 10.1 Å². The maximum atomic E-state index is 12.9. The van der Waals surface area contributed by atoms with E-state index >= 15 is 0 Å². The summed E-state index contributed by atoms with van der Waals surface area (Å²) >= 11 is 6.07. The highest BCUT2D eigenvalue weighted by Crippen LogP contribution is 2.36. The number of benzene rings is 2. The number of nitrogens with zero attached hydrogens (tertiary/aromatic N) is 1. The van der Waals surface area contributed by atoms with Crippen LogP contribution >= 0.6 is 11.6 Å². The Kier molecular flexibility index (Phi) is 6.52. The zero-order valence-electron chi connectivity index (χ0n) is 15.6. The van der Waals surface area contributed by atoms with E-state index in [4.69, 9.17) is 16.3 Å². The Balaban J connectivity index is 1.57. The topological polar surface area (TPSA) is 58.6 Å². The fraction of sp³-hybridized carbons (Fsp3) is 0.333. The third kappa shape index (κ3) is 5.01. The summed E-state index contributed by atoms with van der Waals surface area (Å²) in [4.78, 5) is 26.5. The summed E-state index contributed by atoms with van der Waals surface area (Å²) in [6.07, 6.45) is 0.830. The van der Waals surface area contributed by atoms with Gasteiger partial charge in [0.25, 0.3) is 0 Å². The Morgan fingerprint density at radius 1 is 1.21 bits per heavy atom. The molecule has 0 bridgehead atoms. The Bertz CT molecular complexity index is 857. The minimum atomic E-state index is -0.322. The molecule has 1 N–H and O–H groups in total. The molecule has 0 radical (unpaired) electrons. The van der Waals surface area contributed by atoms with Gasteiger partial charge in [0, 0.05) is 24.4 Å². The Morgan fingerprint density at radius 3 is 2.68 bits per heavy atom. The molecule has 1 heterocycles. The molecule has 1 atom stereocenters. The normalized spacial score (nSPS) is 15.5. The van der Waals surface area contributed by atoms with Crippen molar-refractivity contribution in [2.45, 2.75) is 38.8 Å². The highest BCUT2D eigenvalue weighted by molar-refractivity contribution is 6.31. The number of halogens is 2. The molecule has 0 spiro atoms. The lowest BCUT2D eigenvalue weighted by Crippen LogP contribution is -2.43. The molecule has 0 fully saturated rings. The zero-order chi connectivity index (χ0) is 20.1. The molecule has 2 aromatic carbocycles. The fourth-order valence-corrected chi connectivity index (χ4v) is 3.18. The van der Waals surface area contributed by atoms with Crippen molar-refractivity contribution in [3.63, 3.8) is 0 Å². The van der Waals surface area contributed by atoms with Gasteiger partial charge in [-0.05, 0) is 42.3 Å². The third-order valence-electron chi connectivity index (χ3n) is 4.62. The second kappa shape index (κ2) is 9.06. The third-order valence-corrected chi connectivity index (χ3v) is 4.85. The highest BCUT2D eigenvalue weighted by Gasteiger charge is 2.29. The number of fused-ring (bicyclic) bond motifs is 1. The molecule has 28 heavy (non-hydrogen) atoms. The molecule has 1 aliphatic heterocycles. The standard InChI is InChI=1S/C21H22ClFN2O3/c1-2-17-13-25(18-11-15(22)5-8-19(18)28-17)21(27)10-9-20(26)24-12-14-3-6-16(23)7-4-14/h3-8,11,17H,2,9-10,12-13H2,1H3,(H,24,26). The molecule has 148 valence electrons. The summed E-state index contributed by atoms with van der Waals surface area (Å²) in [6, 6.07) is 11.1. The first-order chi connectivity index (χ1) is 13.5. The van der Waals surface area contributed by atoms with Gasteiger partial charge in [0.05, 0.1) is 12.2 Å². The van der Waals surface area contributed by atoms with Crippen LogP contribution in [0.15, 0.2) is 42.5 Å². The van der Waals surface area contributed by atoms with Gasteiger partial charge in [-0.1, -0.05) is 30.7 Å². The van der Waals surface area contributed by atoms with Crippen molar-refractivity contribution >= 4 is 29.1 Å². The Labute approximate surface area is 168 Å². The summed E-state index contributed by atoms with van der Waals surface area (Å²) in [6.45, 7) is 2.72. The lowest BCUT2D eigenvalue weighted by Gasteiger charge is -2.34. The fourth-order valence-electron chi connectivity index (χ4n) is 3.02. The van der Waals surface area contributed by atoms with E-state index in [0.717, 1.165) is 12.0 Å². The average molecular weight is 405 g/mol. The molecule has 1 aliphatic rings. The number of carbonyl (C=O) groups is 2. The molecule has 0 saturated heterocycles. The van der Waals surface area contributed by atoms with Crippen LogP contribution in [0.1, 0.15) is 31.7 Å². The lowest BCUT2D eigenvalue weighted by molar-refractivity contribution is -0.125. The predicted molar refractivity (Wildman–Crippen MR) is 106 cm³/mol. The van der Waals surface area contributed by atoms with Gasteiger partial charge in [-0.15, -0.1) is 0 Å². The van der Waals surface area contributed by atoms with Crippen molar-refractivity contribution in [2.75, 3.05) is 11.4 Å². The van der Waals surface area contributed by atoms with Crippen molar-refractivity contribution < 1.29 is 18.7 Å². The van der Waals surface area contributed by atoms with Crippen LogP contribution in [-0.4, -0.2) is 24.5 Å². The van der Waals surface area contributed by atoms with E-state index in [1.54, 1.807) is 35.2 Å². The maximum Gasteiger partial charge on any atom is 0.227 e. The molecular formula is C21H22ClFN2O3. The van der Waals surface area contributed by atoms with Gasteiger partial charge in [0.1, 0.15) is 17.7 Å². The van der Waals surface area contributed by atoms with E-state index in [-0.39, 0.29) is 36.6 Å². The first-order valence-corrected chi connectivity index (χ1v) is 9.61. The van der Waals surface area contributed by atoms with Crippen molar-refractivity contribution in [2.24, 2.45) is 0 Å². The van der Waals surface area contributed by atoms with Gasteiger partial charge in [-0.2, -0.15) is 0 Å². The lowest BCUT2D eigenvalue weighted by atomic mass is 10.1. The van der Waals surface area contributed by atoms with E-state index < -0.39 is 0 Å². The predicted octanol–water partition coefficient (Wildman–Crippen LogP) is 4.08. The Morgan fingerprint density at radius 2 is 1.96 bits per heavy atom. The van der Waals surface area contributed by atoms with Crippen LogP contribution in [0.2, 0.25) is 5.02 Å². The molecule has 0 aromatic heterocycles. The quantitative estimate of drug-likeness (QED) is 0.789. The monoisotopic (exact) mass is 404 g/mol. The smallest absolute Gasteiger partial charge is 0.227 e. The van der Waals surface area contributed by atoms with E-state index in [1.165, 1.54) is 12.1 Å². The summed E-state index contributed by atoms with van der Waals surface area (Å²) in [5, 5.41) is 3.27. The van der Waals surface area contributed by atoms with Crippen LogP contribution in [0.3, 0.4) is 0 Å². The Hall–Kier alpha value is -2.60. The number of carbonyl (C=O) groups excluding carboxylic acids is 2. The average Bonchev–Trinajstić information content (AvgIpc) is 2.70. The number of rotatable bonds is 6. The van der Waals surface area contributed by atoms with Crippen LogP contribution in [0.5, 0.6) is 5.75 Å². The first-order valence-electron chi connectivity index (χ1n) is 9.24. The van der Waals surface area contributed by atoms with Crippen LogP contribution in [-0.2, 0) is 16.1 Å². The van der Waals surface area contributed by atoms with E-state index in [2.05, 4.69) is 5.32 Å². The van der Waals surface area contributed by atoms with Crippen LogP contribution < -0.4 is 15.0 Å². The highest BCUT2D eigenvalue weighted by atomic mass is 35.5. The molecule has 2 aromatic rings. The number of hydrogen-bond donors (Lipinski definition) is 1. The van der Waals surface area contributed by atoms with Gasteiger partial charge in [0.2, 0.25) is 11.8 Å². The summed E-state index contributed by atoms with van der Waals surface area (Å²) < 4.78 is 18.8. The van der Waals surface area contributed by atoms with Crippen LogP contribution in [0.25, 0.3) is 0 Å². The SMILES string of the molecule is CCC1CN(C(=O)CCC(=O)NCc2ccc(F)cc2)c2cc(Cl)ccc2O1. The molecule has 5 nitrogen and oxygen atoms in total. The van der Waals surface area contributed by atoms with E-state index in [9.17, 15) is 14.0 Å². The van der Waals surface area contributed by atoms with Crippen molar-refractivity contribution in [3.05, 3.63) is 58.9 Å². The van der Waals surface area contributed by atoms with Gasteiger partial charge in [0.15, 0.2) is 0 Å². The molecule has 0 aliphatic carbocycles. The number of hydrogen-bond acceptors (Lipinski definition) is 3. The number of anilines is 1. The van der Waals surface area contributed by atoms with E-state index in [0.29, 0.717) is 29.5 Å². The van der Waals surface area contributed by atoms with Crippen molar-refractivity contribution in [1.29, 1.82) is 0 Å². The van der Waals surface area contributed by atoms with Crippen LogP contribution in [0, 0.1) is 5.82 Å². The van der Waals surface area contributed by atoms with Crippen molar-refractivity contribution in [3.8, 4) is 5.75 Å². The maximum absolute atomic E-state index is 12.9. The molecule has 7 heteroatoms. The molecule has 3 rings (SSSR count). The number of amides is 2. The molecule has 1 unspecified atom stereocenters. The number of nitrogens with one attached hydrogen (secondary N) is 1. The summed E-state index contributed by atoms with van der Waals surface area (Å²) in [5.41, 5.74) is 1.43. The van der Waals surface area contributed by atoms with Crippen molar-refractivity contribution in [1.82, 2.24) is 5.32 Å². The zero-order valence-corrected chi connectivity index (χ0v) is 16.3. The molecule has 2 amide bonds. The minimum absolute atomic E-state index is 0.0735. The van der Waals surface area contributed by atoms with E-state index in [1.807, 2.05) is 6.92 Å². The van der Waals surface area contributed by atoms with Gasteiger partial charge in [-0.3, -0.25) is 9.59 Å². The first kappa shape index (κ1) is 20.1. The van der Waals surface area contributed by atoms with Gasteiger partial charge < -0.3 is 15.0 Å². The molecule has 0 saturated carbocycles. The summed E-state index contributed by atoms with van der Waals surface area (Å²) in [5.74, 6) is -0.0833. The second-order valence-corrected chi connectivity index (χ2v) is 7.10.